The second kappa shape index (κ2) is 4.66. The van der Waals surface area contributed by atoms with Crippen LogP contribution in [-0.2, 0) is 6.54 Å². The predicted molar refractivity (Wildman–Crippen MR) is 68.8 cm³/mol. The molecule has 1 aliphatic rings. The lowest BCUT2D eigenvalue weighted by Crippen LogP contribution is -2.48. The summed E-state index contributed by atoms with van der Waals surface area (Å²) >= 11 is 0. The highest BCUT2D eigenvalue weighted by molar-refractivity contribution is 5.74. The molecule has 0 aliphatic carbocycles. The molecule has 0 amide bonds. The molecule has 2 heterocycles. The highest BCUT2D eigenvalue weighted by atomic mass is 19.1. The second-order valence-electron chi connectivity index (χ2n) is 4.94. The van der Waals surface area contributed by atoms with Gasteiger partial charge in [0.15, 0.2) is 0 Å². The van der Waals surface area contributed by atoms with E-state index in [2.05, 4.69) is 27.1 Å². The smallest absolute Gasteiger partial charge is 0.125 e. The van der Waals surface area contributed by atoms with Crippen LogP contribution in [0.5, 0.6) is 0 Å². The van der Waals surface area contributed by atoms with E-state index in [1.165, 1.54) is 12.1 Å². The summed E-state index contributed by atoms with van der Waals surface area (Å²) in [6.07, 6.45) is 0. The zero-order chi connectivity index (χ0) is 12.5. The van der Waals surface area contributed by atoms with Crippen molar-refractivity contribution in [2.75, 3.05) is 19.6 Å². The van der Waals surface area contributed by atoms with Crippen molar-refractivity contribution in [2.24, 2.45) is 0 Å². The molecule has 1 aliphatic heterocycles. The van der Waals surface area contributed by atoms with Crippen LogP contribution in [0.4, 0.5) is 4.39 Å². The van der Waals surface area contributed by atoms with E-state index in [1.54, 1.807) is 6.07 Å². The molecule has 1 unspecified atom stereocenters. The largest absolute Gasteiger partial charge is 0.341 e. The summed E-state index contributed by atoms with van der Waals surface area (Å²) in [6, 6.07) is 5.16. The van der Waals surface area contributed by atoms with Crippen molar-refractivity contribution in [1.82, 2.24) is 20.2 Å². The van der Waals surface area contributed by atoms with E-state index in [0.717, 1.165) is 43.0 Å². The zero-order valence-corrected chi connectivity index (χ0v) is 10.4. The molecule has 1 fully saturated rings. The van der Waals surface area contributed by atoms with Gasteiger partial charge in [0.1, 0.15) is 11.6 Å². The molecule has 1 aromatic carbocycles. The molecule has 2 N–H and O–H groups in total. The second-order valence-corrected chi connectivity index (χ2v) is 4.94. The summed E-state index contributed by atoms with van der Waals surface area (Å²) in [5, 5.41) is 3.41. The zero-order valence-electron chi connectivity index (χ0n) is 10.4. The number of nitrogens with one attached hydrogen (secondary N) is 2. The summed E-state index contributed by atoms with van der Waals surface area (Å²) in [5.74, 6) is 0.679. The first-order valence-electron chi connectivity index (χ1n) is 6.30. The van der Waals surface area contributed by atoms with Gasteiger partial charge < -0.3 is 10.3 Å². The number of hydrogen-bond acceptors (Lipinski definition) is 3. The normalized spacial score (nSPS) is 21.6. The van der Waals surface area contributed by atoms with Crippen molar-refractivity contribution in [2.45, 2.75) is 19.5 Å². The third-order valence-corrected chi connectivity index (χ3v) is 3.32. The van der Waals surface area contributed by atoms with E-state index < -0.39 is 0 Å². The highest BCUT2D eigenvalue weighted by Gasteiger charge is 2.16. The lowest BCUT2D eigenvalue weighted by Gasteiger charge is -2.31. The van der Waals surface area contributed by atoms with Crippen LogP contribution in [0.15, 0.2) is 18.2 Å². The Labute approximate surface area is 105 Å². The molecule has 1 saturated heterocycles. The maximum Gasteiger partial charge on any atom is 0.125 e. The van der Waals surface area contributed by atoms with Crippen LogP contribution in [0.25, 0.3) is 11.0 Å². The van der Waals surface area contributed by atoms with Crippen molar-refractivity contribution in [3.63, 3.8) is 0 Å². The first kappa shape index (κ1) is 11.6. The van der Waals surface area contributed by atoms with Gasteiger partial charge in [0.05, 0.1) is 17.6 Å². The third kappa shape index (κ3) is 2.37. The molecule has 96 valence electrons. The number of aromatic amines is 1. The Kier molecular flexibility index (Phi) is 3.01. The van der Waals surface area contributed by atoms with Crippen LogP contribution in [0.1, 0.15) is 12.7 Å². The van der Waals surface area contributed by atoms with Crippen molar-refractivity contribution >= 4 is 11.0 Å². The van der Waals surface area contributed by atoms with Gasteiger partial charge in [-0.15, -0.1) is 0 Å². The van der Waals surface area contributed by atoms with Gasteiger partial charge in [0.2, 0.25) is 0 Å². The summed E-state index contributed by atoms with van der Waals surface area (Å²) in [4.78, 5) is 10.0. The van der Waals surface area contributed by atoms with Gasteiger partial charge in [-0.2, -0.15) is 0 Å². The minimum absolute atomic E-state index is 0.228. The molecule has 2 aromatic rings. The summed E-state index contributed by atoms with van der Waals surface area (Å²) < 4.78 is 13.1. The number of halogens is 1. The summed E-state index contributed by atoms with van der Waals surface area (Å²) in [5.41, 5.74) is 1.60. The Hall–Kier alpha value is -1.46. The van der Waals surface area contributed by atoms with Crippen LogP contribution < -0.4 is 5.32 Å². The molecule has 0 bridgehead atoms. The average Bonchev–Trinajstić information content (AvgIpc) is 2.70. The number of rotatable bonds is 2. The average molecular weight is 248 g/mol. The van der Waals surface area contributed by atoms with Crippen molar-refractivity contribution < 1.29 is 4.39 Å². The molecule has 0 saturated carbocycles. The number of fused-ring (bicyclic) bond motifs is 1. The molecule has 5 heteroatoms. The Morgan fingerprint density at radius 2 is 2.39 bits per heavy atom. The highest BCUT2D eigenvalue weighted by Crippen LogP contribution is 2.14. The van der Waals surface area contributed by atoms with Gasteiger partial charge in [0, 0.05) is 25.7 Å². The summed E-state index contributed by atoms with van der Waals surface area (Å²) in [6.45, 7) is 6.03. The molecular weight excluding hydrogens is 231 g/mol. The minimum Gasteiger partial charge on any atom is -0.341 e. The quantitative estimate of drug-likeness (QED) is 0.846. The van der Waals surface area contributed by atoms with Crippen LogP contribution in [0.2, 0.25) is 0 Å². The Bertz CT molecular complexity index is 551. The monoisotopic (exact) mass is 248 g/mol. The van der Waals surface area contributed by atoms with E-state index in [4.69, 9.17) is 0 Å². The topological polar surface area (TPSA) is 44.0 Å². The SMILES string of the molecule is CC1CN(Cc2nc3ccc(F)cc3[nH]2)CCN1. The third-order valence-electron chi connectivity index (χ3n) is 3.32. The Morgan fingerprint density at radius 3 is 3.22 bits per heavy atom. The molecule has 18 heavy (non-hydrogen) atoms. The van der Waals surface area contributed by atoms with Gasteiger partial charge in [-0.05, 0) is 25.1 Å². The molecule has 0 radical (unpaired) electrons. The maximum atomic E-state index is 13.1. The van der Waals surface area contributed by atoms with E-state index in [-0.39, 0.29) is 5.82 Å². The number of piperazine rings is 1. The number of benzene rings is 1. The number of aromatic nitrogens is 2. The van der Waals surface area contributed by atoms with Crippen LogP contribution in [0.3, 0.4) is 0 Å². The minimum atomic E-state index is -0.228. The van der Waals surface area contributed by atoms with Gasteiger partial charge >= 0.3 is 0 Å². The fourth-order valence-corrected chi connectivity index (χ4v) is 2.48. The first-order chi connectivity index (χ1) is 8.70. The van der Waals surface area contributed by atoms with Crippen molar-refractivity contribution in [3.8, 4) is 0 Å². The van der Waals surface area contributed by atoms with Gasteiger partial charge in [-0.1, -0.05) is 0 Å². The fraction of sp³-hybridized carbons (Fsp3) is 0.462. The van der Waals surface area contributed by atoms with Gasteiger partial charge in [-0.3, -0.25) is 4.90 Å². The predicted octanol–water partition coefficient (Wildman–Crippen LogP) is 1.50. The van der Waals surface area contributed by atoms with Gasteiger partial charge in [0.25, 0.3) is 0 Å². The van der Waals surface area contributed by atoms with Crippen LogP contribution in [0, 0.1) is 5.82 Å². The standard InChI is InChI=1S/C13H17FN4/c1-9-7-18(5-4-15-9)8-13-16-11-3-2-10(14)6-12(11)17-13/h2-3,6,9,15H,4-5,7-8H2,1H3,(H,16,17). The number of H-pyrrole nitrogens is 1. The Morgan fingerprint density at radius 1 is 1.50 bits per heavy atom. The maximum absolute atomic E-state index is 13.1. The van der Waals surface area contributed by atoms with E-state index in [9.17, 15) is 4.39 Å². The lowest BCUT2D eigenvalue weighted by molar-refractivity contribution is 0.196. The van der Waals surface area contributed by atoms with Crippen LogP contribution >= 0.6 is 0 Å². The lowest BCUT2D eigenvalue weighted by atomic mass is 10.2. The van der Waals surface area contributed by atoms with Gasteiger partial charge in [-0.25, -0.2) is 9.37 Å². The molecule has 0 spiro atoms. The number of hydrogen-bond donors (Lipinski definition) is 2. The first-order valence-corrected chi connectivity index (χ1v) is 6.30. The van der Waals surface area contributed by atoms with Crippen LogP contribution in [-0.4, -0.2) is 40.5 Å². The van der Waals surface area contributed by atoms with E-state index >= 15 is 0 Å². The summed E-state index contributed by atoms with van der Waals surface area (Å²) in [7, 11) is 0. The fourth-order valence-electron chi connectivity index (χ4n) is 2.48. The van der Waals surface area contributed by atoms with Crippen molar-refractivity contribution in [1.29, 1.82) is 0 Å². The van der Waals surface area contributed by atoms with E-state index in [0.29, 0.717) is 6.04 Å². The number of imidazole rings is 1. The van der Waals surface area contributed by atoms with Crippen molar-refractivity contribution in [3.05, 3.63) is 29.8 Å². The number of nitrogens with zero attached hydrogens (tertiary/aromatic N) is 2. The Balaban J connectivity index is 1.78. The molecule has 1 aromatic heterocycles. The molecular formula is C13H17FN4. The molecule has 4 nitrogen and oxygen atoms in total. The molecule has 1 atom stereocenters. The van der Waals surface area contributed by atoms with E-state index in [1.807, 2.05) is 0 Å². The molecule has 3 rings (SSSR count).